The second-order valence-corrected chi connectivity index (χ2v) is 8.44. The number of hydrogen-bond acceptors (Lipinski definition) is 3. The first-order chi connectivity index (χ1) is 7.07. The maximum atomic E-state index is 10.1. The molecule has 0 amide bonds. The summed E-state index contributed by atoms with van der Waals surface area (Å²) in [6.45, 7) is 5.94. The fourth-order valence-corrected chi connectivity index (χ4v) is 3.48. The smallest absolute Gasteiger partial charge is 0.140 e. The minimum atomic E-state index is -1.72. The Morgan fingerprint density at radius 3 is 2.87 bits per heavy atom. The highest BCUT2D eigenvalue weighted by molar-refractivity contribution is 7.69. The predicted octanol–water partition coefficient (Wildman–Crippen LogP) is 1.04. The van der Waals surface area contributed by atoms with Gasteiger partial charge in [-0.2, -0.15) is 5.10 Å². The molecule has 0 radical (unpaired) electrons. The number of H-pyrrole nitrogens is 1. The van der Waals surface area contributed by atoms with Crippen molar-refractivity contribution in [2.24, 2.45) is 0 Å². The van der Waals surface area contributed by atoms with Gasteiger partial charge in [0.25, 0.3) is 0 Å². The van der Waals surface area contributed by atoms with E-state index in [4.69, 9.17) is 0 Å². The van der Waals surface area contributed by atoms with E-state index in [0.717, 1.165) is 19.5 Å². The fourth-order valence-electron chi connectivity index (χ4n) is 2.14. The number of nitrogens with one attached hydrogen (secondary N) is 2. The van der Waals surface area contributed by atoms with Crippen molar-refractivity contribution >= 4 is 7.49 Å². The van der Waals surface area contributed by atoms with Crippen molar-refractivity contribution in [3.8, 4) is 0 Å². The SMILES string of the molecule is C[P+](C)(O)C1CNCC(c2cn[nH]c2)C1. The normalized spacial score (nSPS) is 27.9. The van der Waals surface area contributed by atoms with E-state index in [-0.39, 0.29) is 0 Å². The van der Waals surface area contributed by atoms with Crippen molar-refractivity contribution in [1.29, 1.82) is 0 Å². The lowest BCUT2D eigenvalue weighted by atomic mass is 9.94. The van der Waals surface area contributed by atoms with Gasteiger partial charge in [-0.25, -0.2) is 0 Å². The van der Waals surface area contributed by atoms with Gasteiger partial charge in [0.05, 0.1) is 19.5 Å². The van der Waals surface area contributed by atoms with Gasteiger partial charge >= 0.3 is 0 Å². The van der Waals surface area contributed by atoms with E-state index in [1.165, 1.54) is 5.56 Å². The standard InChI is InChI=1S/C10H19N3OP/c1-15(2,14)10-3-8(4-11-7-10)9-5-12-13-6-9/h5-6,8,10-11,14H,3-4,7H2,1-2H3,(H,12,13)/q+1. The van der Waals surface area contributed by atoms with Crippen molar-refractivity contribution in [3.05, 3.63) is 18.0 Å². The summed E-state index contributed by atoms with van der Waals surface area (Å²) in [5.74, 6) is 0.494. The number of piperidine rings is 1. The molecule has 84 valence electrons. The molecule has 5 heteroatoms. The lowest BCUT2D eigenvalue weighted by Crippen LogP contribution is -2.39. The Kier molecular flexibility index (Phi) is 3.10. The Balaban J connectivity index is 2.05. The van der Waals surface area contributed by atoms with Gasteiger partial charge in [-0.05, 0) is 12.0 Å². The molecule has 0 aliphatic carbocycles. The first-order valence-electron chi connectivity index (χ1n) is 5.33. The summed E-state index contributed by atoms with van der Waals surface area (Å²) in [7, 11) is -1.72. The van der Waals surface area contributed by atoms with Crippen LogP contribution in [0.5, 0.6) is 0 Å². The van der Waals surface area contributed by atoms with Crippen LogP contribution in [0.25, 0.3) is 0 Å². The molecule has 2 atom stereocenters. The van der Waals surface area contributed by atoms with Crippen LogP contribution in [-0.4, -0.2) is 47.2 Å². The summed E-state index contributed by atoms with van der Waals surface area (Å²) in [5, 5.41) is 10.2. The predicted molar refractivity (Wildman–Crippen MR) is 63.6 cm³/mol. The Bertz CT molecular complexity index is 307. The Morgan fingerprint density at radius 1 is 1.47 bits per heavy atom. The minimum Gasteiger partial charge on any atom is -0.312 e. The van der Waals surface area contributed by atoms with Crippen LogP contribution < -0.4 is 5.32 Å². The van der Waals surface area contributed by atoms with Gasteiger partial charge in [0.15, 0.2) is 0 Å². The number of aromatic nitrogens is 2. The van der Waals surface area contributed by atoms with Gasteiger partial charge in [-0.1, -0.05) is 0 Å². The third-order valence-corrected chi connectivity index (χ3v) is 5.39. The van der Waals surface area contributed by atoms with E-state index < -0.39 is 7.49 Å². The second kappa shape index (κ2) is 4.20. The van der Waals surface area contributed by atoms with Crippen molar-refractivity contribution < 1.29 is 4.89 Å². The molecule has 1 aliphatic rings. The fraction of sp³-hybridized carbons (Fsp3) is 0.700. The summed E-state index contributed by atoms with van der Waals surface area (Å²) >= 11 is 0. The van der Waals surface area contributed by atoms with Crippen LogP contribution >= 0.6 is 7.49 Å². The molecule has 1 aromatic heterocycles. The topological polar surface area (TPSA) is 60.9 Å². The third-order valence-electron chi connectivity index (χ3n) is 3.21. The summed E-state index contributed by atoms with van der Waals surface area (Å²) < 4.78 is 0. The lowest BCUT2D eigenvalue weighted by Gasteiger charge is -2.31. The van der Waals surface area contributed by atoms with Crippen LogP contribution in [0.2, 0.25) is 0 Å². The van der Waals surface area contributed by atoms with Gasteiger partial charge in [-0.3, -0.25) is 9.99 Å². The van der Waals surface area contributed by atoms with Crippen LogP contribution in [0, 0.1) is 0 Å². The van der Waals surface area contributed by atoms with E-state index in [1.807, 2.05) is 25.7 Å². The molecule has 2 unspecified atom stereocenters. The van der Waals surface area contributed by atoms with Crippen LogP contribution in [0.15, 0.2) is 12.4 Å². The average molecular weight is 228 g/mol. The van der Waals surface area contributed by atoms with Crippen LogP contribution in [0.3, 0.4) is 0 Å². The monoisotopic (exact) mass is 228 g/mol. The first kappa shape index (κ1) is 11.1. The molecule has 15 heavy (non-hydrogen) atoms. The van der Waals surface area contributed by atoms with Gasteiger partial charge in [0.2, 0.25) is 0 Å². The van der Waals surface area contributed by atoms with E-state index in [2.05, 4.69) is 15.5 Å². The molecule has 3 N–H and O–H groups in total. The van der Waals surface area contributed by atoms with Crippen molar-refractivity contribution in [2.45, 2.75) is 18.0 Å². The zero-order chi connectivity index (χ0) is 10.9. The maximum Gasteiger partial charge on any atom is 0.140 e. The van der Waals surface area contributed by atoms with Crippen molar-refractivity contribution in [2.75, 3.05) is 26.4 Å². The number of hydrogen-bond donors (Lipinski definition) is 3. The average Bonchev–Trinajstić information content (AvgIpc) is 2.69. The summed E-state index contributed by atoms with van der Waals surface area (Å²) in [5.41, 5.74) is 1.67. The molecule has 2 heterocycles. The number of aromatic amines is 1. The highest BCUT2D eigenvalue weighted by Gasteiger charge is 2.39. The highest BCUT2D eigenvalue weighted by atomic mass is 31.2. The molecule has 0 spiro atoms. The minimum absolute atomic E-state index is 0.422. The van der Waals surface area contributed by atoms with E-state index in [9.17, 15) is 4.89 Å². The van der Waals surface area contributed by atoms with E-state index in [0.29, 0.717) is 11.6 Å². The summed E-state index contributed by atoms with van der Waals surface area (Å²) in [6, 6.07) is 0. The molecule has 2 rings (SSSR count). The zero-order valence-electron chi connectivity index (χ0n) is 9.27. The van der Waals surface area contributed by atoms with Crippen LogP contribution in [-0.2, 0) is 0 Å². The first-order valence-corrected chi connectivity index (χ1v) is 8.03. The Labute approximate surface area is 90.9 Å². The number of rotatable bonds is 2. The van der Waals surface area contributed by atoms with Crippen LogP contribution in [0.1, 0.15) is 17.9 Å². The van der Waals surface area contributed by atoms with Crippen LogP contribution in [0.4, 0.5) is 0 Å². The highest BCUT2D eigenvalue weighted by Crippen LogP contribution is 2.54. The molecular weight excluding hydrogens is 209 g/mol. The second-order valence-electron chi connectivity index (χ2n) is 4.76. The van der Waals surface area contributed by atoms with E-state index in [1.54, 1.807) is 0 Å². The van der Waals surface area contributed by atoms with Crippen molar-refractivity contribution in [1.82, 2.24) is 15.5 Å². The Morgan fingerprint density at radius 2 is 2.27 bits per heavy atom. The zero-order valence-corrected chi connectivity index (χ0v) is 10.2. The maximum absolute atomic E-state index is 10.1. The molecule has 0 aromatic carbocycles. The largest absolute Gasteiger partial charge is 0.312 e. The molecular formula is C10H19N3OP+. The quantitative estimate of drug-likeness (QED) is 0.663. The molecule has 0 bridgehead atoms. The van der Waals surface area contributed by atoms with Gasteiger partial charge in [-0.15, -0.1) is 0 Å². The molecule has 1 fully saturated rings. The van der Waals surface area contributed by atoms with Gasteiger partial charge < -0.3 is 5.32 Å². The lowest BCUT2D eigenvalue weighted by molar-refractivity contribution is 0.446. The molecule has 4 nitrogen and oxygen atoms in total. The van der Waals surface area contributed by atoms with Gasteiger partial charge in [0, 0.05) is 25.2 Å². The number of nitrogens with zero attached hydrogens (tertiary/aromatic N) is 1. The molecule has 1 saturated heterocycles. The summed E-state index contributed by atoms with van der Waals surface area (Å²) in [6.07, 6.45) is 4.92. The molecule has 0 saturated carbocycles. The molecule has 1 aromatic rings. The van der Waals surface area contributed by atoms with Crippen molar-refractivity contribution in [3.63, 3.8) is 0 Å². The Hall–Kier alpha value is -0.440. The molecule has 1 aliphatic heterocycles. The van der Waals surface area contributed by atoms with E-state index >= 15 is 0 Å². The summed E-state index contributed by atoms with van der Waals surface area (Å²) in [4.78, 5) is 10.1. The third kappa shape index (κ3) is 2.57. The van der Waals surface area contributed by atoms with Gasteiger partial charge in [0.1, 0.15) is 13.1 Å².